The third-order valence-corrected chi connectivity index (χ3v) is 15.8. The van der Waals surface area contributed by atoms with Crippen LogP contribution in [0.3, 0.4) is 0 Å². The lowest BCUT2D eigenvalue weighted by molar-refractivity contribution is -0.138. The number of nitrogens with one attached hydrogen (secondary N) is 2. The molecule has 2 amide bonds. The van der Waals surface area contributed by atoms with Crippen LogP contribution in [0.1, 0.15) is 49.3 Å². The summed E-state index contributed by atoms with van der Waals surface area (Å²) in [6.07, 6.45) is 4.33. The van der Waals surface area contributed by atoms with Gasteiger partial charge in [-0.1, -0.05) is 73.7 Å². The zero-order valence-electron chi connectivity index (χ0n) is 29.5. The van der Waals surface area contributed by atoms with Crippen molar-refractivity contribution in [1.29, 1.82) is 0 Å². The molecule has 3 heterocycles. The van der Waals surface area contributed by atoms with E-state index in [-0.39, 0.29) is 54.0 Å². The predicted molar refractivity (Wildman–Crippen MR) is 197 cm³/mol. The first-order valence-electron chi connectivity index (χ1n) is 18.1. The van der Waals surface area contributed by atoms with Crippen molar-refractivity contribution in [1.82, 2.24) is 10.2 Å². The van der Waals surface area contributed by atoms with Crippen molar-refractivity contribution in [2.45, 2.75) is 88.9 Å². The first-order chi connectivity index (χ1) is 23.7. The van der Waals surface area contributed by atoms with Gasteiger partial charge in [-0.3, -0.25) is 9.59 Å². The number of hydrogen-bond acceptors (Lipinski definition) is 6. The zero-order valence-corrected chi connectivity index (χ0v) is 30.5. The van der Waals surface area contributed by atoms with Crippen LogP contribution in [0.25, 0.3) is 0 Å². The minimum atomic E-state index is -2.15. The van der Waals surface area contributed by atoms with Gasteiger partial charge in [-0.25, -0.2) is 0 Å². The number of carbonyl (C=O) groups excluding carboxylic acids is 2. The van der Waals surface area contributed by atoms with E-state index in [1.54, 1.807) is 7.11 Å². The van der Waals surface area contributed by atoms with Gasteiger partial charge >= 0.3 is 0 Å². The summed E-state index contributed by atoms with van der Waals surface area (Å²) in [5.74, 6) is 1.22. The van der Waals surface area contributed by atoms with Crippen LogP contribution in [-0.4, -0.2) is 75.0 Å². The molecule has 3 aliphatic rings. The van der Waals surface area contributed by atoms with Crippen molar-refractivity contribution in [2.75, 3.05) is 32.1 Å². The average molecular weight is 684 g/mol. The van der Waals surface area contributed by atoms with Crippen molar-refractivity contribution in [3.8, 4) is 5.75 Å². The van der Waals surface area contributed by atoms with Gasteiger partial charge in [-0.05, 0) is 91.1 Å². The molecule has 0 spiro atoms. The second-order valence-electron chi connectivity index (χ2n) is 14.9. The topological polar surface area (TPSA) is 100 Å². The largest absolute Gasteiger partial charge is 0.497 e. The lowest BCUT2D eigenvalue weighted by Gasteiger charge is -2.39. The van der Waals surface area contributed by atoms with Crippen molar-refractivity contribution >= 4 is 30.8 Å². The van der Waals surface area contributed by atoms with Crippen molar-refractivity contribution in [3.05, 3.63) is 89.5 Å². The van der Waals surface area contributed by atoms with Crippen LogP contribution in [0.5, 0.6) is 5.75 Å². The first kappa shape index (κ1) is 35.3. The maximum Gasteiger partial charge on any atom is 0.228 e. The normalized spacial score (nSPS) is 25.4. The molecule has 6 atom stereocenters. The van der Waals surface area contributed by atoms with Crippen LogP contribution in [-0.2, 0) is 33.7 Å². The molecule has 49 heavy (non-hydrogen) atoms. The number of benzene rings is 3. The molecule has 262 valence electrons. The molecule has 0 radical (unpaired) electrons. The second kappa shape index (κ2) is 15.6. The Morgan fingerprint density at radius 2 is 1.82 bits per heavy atom. The molecule has 2 fully saturated rings. The minimum absolute atomic E-state index is 0.00453. The van der Waals surface area contributed by atoms with Gasteiger partial charge in [-0.15, -0.1) is 0 Å². The summed E-state index contributed by atoms with van der Waals surface area (Å²) in [6.45, 7) is 9.28. The Morgan fingerprint density at radius 3 is 2.53 bits per heavy atom. The van der Waals surface area contributed by atoms with Gasteiger partial charge in [0.15, 0.2) is 0 Å². The van der Waals surface area contributed by atoms with Crippen LogP contribution in [0.15, 0.2) is 72.8 Å². The van der Waals surface area contributed by atoms with Crippen LogP contribution in [0, 0.1) is 11.8 Å². The molecule has 3 aliphatic heterocycles. The van der Waals surface area contributed by atoms with Crippen LogP contribution in [0.4, 0.5) is 5.69 Å². The lowest BCUT2D eigenvalue weighted by Crippen LogP contribution is -2.52. The predicted octanol–water partition coefficient (Wildman–Crippen LogP) is 5.29. The van der Waals surface area contributed by atoms with E-state index in [0.29, 0.717) is 19.4 Å². The highest BCUT2D eigenvalue weighted by Gasteiger charge is 2.51. The number of methoxy groups -OCH3 is 1. The minimum Gasteiger partial charge on any atom is -0.497 e. The molecule has 8 nitrogen and oxygen atoms in total. The molecule has 0 bridgehead atoms. The Labute approximate surface area is 292 Å². The third-order valence-electron chi connectivity index (χ3n) is 11.4. The second-order valence-corrected chi connectivity index (χ2v) is 19.5. The van der Waals surface area contributed by atoms with E-state index in [1.807, 2.05) is 41.3 Å². The Balaban J connectivity index is 1.19. The molecule has 6 rings (SSSR count). The molecule has 9 heteroatoms. The summed E-state index contributed by atoms with van der Waals surface area (Å²) in [6, 6.07) is 24.6. The van der Waals surface area contributed by atoms with Crippen LogP contribution in [0.2, 0.25) is 18.6 Å². The van der Waals surface area contributed by atoms with Crippen molar-refractivity contribution in [3.63, 3.8) is 0 Å². The highest BCUT2D eigenvalue weighted by Crippen LogP contribution is 2.47. The fourth-order valence-electron chi connectivity index (χ4n) is 8.61. The van der Waals surface area contributed by atoms with E-state index in [0.717, 1.165) is 61.3 Å². The molecule has 2 saturated heterocycles. The quantitative estimate of drug-likeness (QED) is 0.238. The smallest absolute Gasteiger partial charge is 0.228 e. The monoisotopic (exact) mass is 683 g/mol. The van der Waals surface area contributed by atoms with Crippen molar-refractivity contribution in [2.24, 2.45) is 11.8 Å². The standard InChI is InChI=1S/C40H53N3O5Si/c1-27-36(19-14-28-9-7-13-32(21-28)42-40(46)30-12-8-20-41-24-30)48-37(39(27)49(3,4)35-17-15-34(47-2)16-18-35)23-38(45)43-25-31-11-6-5-10-29(31)22-33(43)26-44/h5-7,9-11,13,15-18,21,27,30,33,36-37,39,41,44H,8,12,14,19-20,22-26H2,1-4H3,(H,42,46)/t27-,30?,33-,36+,37-,39+/m0/s1. The summed E-state index contributed by atoms with van der Waals surface area (Å²) >= 11 is 0. The number of rotatable bonds is 11. The van der Waals surface area contributed by atoms with E-state index in [9.17, 15) is 14.7 Å². The lowest BCUT2D eigenvalue weighted by atomic mass is 9.93. The molecule has 3 N–H and O–H groups in total. The molecule has 3 aromatic rings. The Bertz CT molecular complexity index is 1590. The third kappa shape index (κ3) is 7.96. The first-order valence-corrected chi connectivity index (χ1v) is 21.1. The van der Waals surface area contributed by atoms with Gasteiger partial charge in [-0.2, -0.15) is 0 Å². The fourth-order valence-corrected chi connectivity index (χ4v) is 12.7. The summed E-state index contributed by atoms with van der Waals surface area (Å²) in [5, 5.41) is 18.1. The van der Waals surface area contributed by atoms with Crippen LogP contribution < -0.4 is 20.6 Å². The maximum absolute atomic E-state index is 14.2. The number of piperidine rings is 1. The molecule has 1 unspecified atom stereocenters. The summed E-state index contributed by atoms with van der Waals surface area (Å²) in [5.41, 5.74) is 4.57. The van der Waals surface area contributed by atoms with Gasteiger partial charge in [0.2, 0.25) is 11.8 Å². The summed E-state index contributed by atoms with van der Waals surface area (Å²) < 4.78 is 12.4. The molecule has 0 aliphatic carbocycles. The Hall–Kier alpha value is -3.50. The van der Waals surface area contributed by atoms with Gasteiger partial charge in [0.05, 0.1) is 52.4 Å². The molecule has 3 aromatic carbocycles. The highest BCUT2D eigenvalue weighted by atomic mass is 28.3. The van der Waals surface area contributed by atoms with E-state index < -0.39 is 8.07 Å². The number of hydrogen-bond donors (Lipinski definition) is 3. The van der Waals surface area contributed by atoms with Gasteiger partial charge < -0.3 is 30.1 Å². The van der Waals surface area contributed by atoms with E-state index in [1.165, 1.54) is 10.8 Å². The Morgan fingerprint density at radius 1 is 1.04 bits per heavy atom. The maximum atomic E-state index is 14.2. The van der Waals surface area contributed by atoms with Crippen molar-refractivity contribution < 1.29 is 24.2 Å². The number of fused-ring (bicyclic) bond motifs is 1. The van der Waals surface area contributed by atoms with E-state index >= 15 is 0 Å². The molecular formula is C40H53N3O5Si. The number of anilines is 1. The SMILES string of the molecule is COc1ccc([Si](C)(C)[C@@H]2[C@@H](C)[C@@H](CCc3cccc(NC(=O)C4CCCNC4)c3)O[C@H]2CC(=O)N2Cc3ccccc3C[C@H]2CO)cc1. The van der Waals surface area contributed by atoms with E-state index in [2.05, 4.69) is 67.0 Å². The molecule has 0 aromatic heterocycles. The summed E-state index contributed by atoms with van der Waals surface area (Å²) in [4.78, 5) is 28.9. The number of amides is 2. The van der Waals surface area contributed by atoms with Gasteiger partial charge in [0.25, 0.3) is 0 Å². The summed E-state index contributed by atoms with van der Waals surface area (Å²) in [7, 11) is -0.467. The molecular weight excluding hydrogens is 631 g/mol. The van der Waals surface area contributed by atoms with Gasteiger partial charge in [0.1, 0.15) is 5.75 Å². The number of nitrogens with zero attached hydrogens (tertiary/aromatic N) is 1. The van der Waals surface area contributed by atoms with Crippen LogP contribution >= 0.6 is 0 Å². The number of aliphatic hydroxyl groups is 1. The number of aryl methyl sites for hydroxylation is 1. The average Bonchev–Trinajstić information content (AvgIpc) is 3.45. The fraction of sp³-hybridized carbons (Fsp3) is 0.500. The molecule has 0 saturated carbocycles. The Kier molecular flexibility index (Phi) is 11.2. The van der Waals surface area contributed by atoms with Gasteiger partial charge in [0, 0.05) is 18.8 Å². The van der Waals surface area contributed by atoms with E-state index in [4.69, 9.17) is 9.47 Å². The zero-order chi connectivity index (χ0) is 34.5. The number of aliphatic hydroxyl groups excluding tert-OH is 1. The number of carbonyl (C=O) groups is 2. The highest BCUT2D eigenvalue weighted by molar-refractivity contribution is 6.91. The number of ether oxygens (including phenoxy) is 2.